The minimum atomic E-state index is 0.304. The summed E-state index contributed by atoms with van der Waals surface area (Å²) in [6.07, 6.45) is 6.46. The molecule has 0 aliphatic carbocycles. The van der Waals surface area contributed by atoms with E-state index in [1.807, 2.05) is 0 Å². The predicted molar refractivity (Wildman–Crippen MR) is 64.0 cm³/mol. The van der Waals surface area contributed by atoms with Crippen LogP contribution in [0.2, 0.25) is 0 Å². The summed E-state index contributed by atoms with van der Waals surface area (Å²) in [4.78, 5) is 2.45. The van der Waals surface area contributed by atoms with Gasteiger partial charge in [-0.1, -0.05) is 13.3 Å². The van der Waals surface area contributed by atoms with Crippen LogP contribution in [0.15, 0.2) is 0 Å². The Bertz CT molecular complexity index is 110. The van der Waals surface area contributed by atoms with Crippen LogP contribution < -0.4 is 0 Å². The van der Waals surface area contributed by atoms with Gasteiger partial charge in [0.15, 0.2) is 0 Å². The lowest BCUT2D eigenvalue weighted by molar-refractivity contribution is 0.224. The summed E-state index contributed by atoms with van der Waals surface area (Å²) in [5.41, 5.74) is 0. The molecule has 0 aromatic rings. The van der Waals surface area contributed by atoms with Crippen LogP contribution in [-0.4, -0.2) is 48.0 Å². The molecule has 92 valence electrons. The first-order valence-electron chi connectivity index (χ1n) is 6.29. The van der Waals surface area contributed by atoms with Crippen molar-refractivity contribution in [2.45, 2.75) is 45.4 Å². The Balaban J connectivity index is 3.53. The summed E-state index contributed by atoms with van der Waals surface area (Å²) in [6, 6.07) is 0. The highest BCUT2D eigenvalue weighted by Crippen LogP contribution is 2.01. The van der Waals surface area contributed by atoms with E-state index in [4.69, 9.17) is 10.2 Å². The lowest BCUT2D eigenvalue weighted by atomic mass is 10.2. The largest absolute Gasteiger partial charge is 0.396 e. The van der Waals surface area contributed by atoms with E-state index in [1.165, 1.54) is 12.8 Å². The van der Waals surface area contributed by atoms with Gasteiger partial charge < -0.3 is 15.1 Å². The molecule has 0 aromatic carbocycles. The van der Waals surface area contributed by atoms with Gasteiger partial charge in [-0.25, -0.2) is 0 Å². The highest BCUT2D eigenvalue weighted by Gasteiger charge is 2.03. The standard InChI is InChI=1S/C12H27NO2/c1-2-3-8-13(9-4-6-11-14)10-5-7-12-15/h14-15H,2-12H2,1H3. The van der Waals surface area contributed by atoms with Gasteiger partial charge in [0.05, 0.1) is 0 Å². The molecule has 0 unspecified atom stereocenters. The molecule has 0 heterocycles. The number of aliphatic hydroxyl groups excluding tert-OH is 2. The van der Waals surface area contributed by atoms with Crippen LogP contribution in [0, 0.1) is 0 Å². The molecule has 3 heteroatoms. The van der Waals surface area contributed by atoms with Crippen LogP contribution in [0.1, 0.15) is 45.4 Å². The molecule has 0 rings (SSSR count). The fraction of sp³-hybridized carbons (Fsp3) is 1.00. The van der Waals surface area contributed by atoms with Crippen LogP contribution in [0.25, 0.3) is 0 Å². The molecule has 2 N–H and O–H groups in total. The van der Waals surface area contributed by atoms with Gasteiger partial charge in [0.2, 0.25) is 0 Å². The summed E-state index contributed by atoms with van der Waals surface area (Å²) in [5.74, 6) is 0. The van der Waals surface area contributed by atoms with Crippen molar-refractivity contribution in [2.75, 3.05) is 32.8 Å². The lowest BCUT2D eigenvalue weighted by Gasteiger charge is -2.21. The number of hydrogen-bond acceptors (Lipinski definition) is 3. The van der Waals surface area contributed by atoms with Gasteiger partial charge in [0.1, 0.15) is 0 Å². The molecule has 0 fully saturated rings. The summed E-state index contributed by atoms with van der Waals surface area (Å²) in [7, 11) is 0. The summed E-state index contributed by atoms with van der Waals surface area (Å²) in [5, 5.41) is 17.4. The minimum Gasteiger partial charge on any atom is -0.396 e. The molecular formula is C12H27NO2. The maximum absolute atomic E-state index is 8.72. The topological polar surface area (TPSA) is 43.7 Å². The SMILES string of the molecule is CCCCN(CCCCO)CCCCO. The number of nitrogens with zero attached hydrogens (tertiary/aromatic N) is 1. The van der Waals surface area contributed by atoms with E-state index in [1.54, 1.807) is 0 Å². The Morgan fingerprint density at radius 2 is 1.20 bits per heavy atom. The summed E-state index contributed by atoms with van der Waals surface area (Å²) >= 11 is 0. The van der Waals surface area contributed by atoms with Gasteiger partial charge in [-0.3, -0.25) is 0 Å². The Hall–Kier alpha value is -0.120. The molecule has 0 aliphatic rings. The van der Waals surface area contributed by atoms with Gasteiger partial charge in [-0.2, -0.15) is 0 Å². The van der Waals surface area contributed by atoms with Crippen LogP contribution >= 0.6 is 0 Å². The van der Waals surface area contributed by atoms with E-state index in [0.717, 1.165) is 45.3 Å². The molecule has 0 saturated carbocycles. The van der Waals surface area contributed by atoms with E-state index in [9.17, 15) is 0 Å². The van der Waals surface area contributed by atoms with Gasteiger partial charge in [-0.05, 0) is 51.7 Å². The quantitative estimate of drug-likeness (QED) is 0.517. The van der Waals surface area contributed by atoms with E-state index in [0.29, 0.717) is 13.2 Å². The third kappa shape index (κ3) is 10.2. The van der Waals surface area contributed by atoms with Crippen molar-refractivity contribution in [1.82, 2.24) is 4.90 Å². The highest BCUT2D eigenvalue weighted by atomic mass is 16.3. The number of aliphatic hydroxyl groups is 2. The zero-order valence-corrected chi connectivity index (χ0v) is 10.1. The Kier molecular flexibility index (Phi) is 11.9. The van der Waals surface area contributed by atoms with Crippen LogP contribution in [0.5, 0.6) is 0 Å². The highest BCUT2D eigenvalue weighted by molar-refractivity contribution is 4.58. The van der Waals surface area contributed by atoms with Crippen molar-refractivity contribution < 1.29 is 10.2 Å². The Morgan fingerprint density at radius 3 is 1.60 bits per heavy atom. The number of rotatable bonds is 11. The van der Waals surface area contributed by atoms with E-state index >= 15 is 0 Å². The van der Waals surface area contributed by atoms with Crippen molar-refractivity contribution in [1.29, 1.82) is 0 Å². The molecule has 0 amide bonds. The van der Waals surface area contributed by atoms with Crippen molar-refractivity contribution >= 4 is 0 Å². The summed E-state index contributed by atoms with van der Waals surface area (Å²) in [6.45, 7) is 6.15. The fourth-order valence-electron chi connectivity index (χ4n) is 1.61. The molecule has 0 bridgehead atoms. The van der Waals surface area contributed by atoms with Gasteiger partial charge in [0, 0.05) is 13.2 Å². The smallest absolute Gasteiger partial charge is 0.0431 e. The van der Waals surface area contributed by atoms with Crippen molar-refractivity contribution in [3.8, 4) is 0 Å². The number of hydrogen-bond donors (Lipinski definition) is 2. The Morgan fingerprint density at radius 1 is 0.733 bits per heavy atom. The van der Waals surface area contributed by atoms with Crippen LogP contribution in [0.3, 0.4) is 0 Å². The van der Waals surface area contributed by atoms with Crippen LogP contribution in [-0.2, 0) is 0 Å². The summed E-state index contributed by atoms with van der Waals surface area (Å²) < 4.78 is 0. The first kappa shape index (κ1) is 14.9. The first-order valence-corrected chi connectivity index (χ1v) is 6.29. The average molecular weight is 217 g/mol. The van der Waals surface area contributed by atoms with E-state index in [2.05, 4.69) is 11.8 Å². The minimum absolute atomic E-state index is 0.304. The van der Waals surface area contributed by atoms with Crippen molar-refractivity contribution in [3.63, 3.8) is 0 Å². The predicted octanol–water partition coefficient (Wildman–Crippen LogP) is 1.63. The first-order chi connectivity index (χ1) is 7.35. The molecule has 0 aliphatic heterocycles. The van der Waals surface area contributed by atoms with E-state index in [-0.39, 0.29) is 0 Å². The number of unbranched alkanes of at least 4 members (excludes halogenated alkanes) is 3. The normalized spacial score (nSPS) is 11.2. The molecule has 0 aromatic heterocycles. The monoisotopic (exact) mass is 217 g/mol. The Labute approximate surface area is 94.1 Å². The molecule has 3 nitrogen and oxygen atoms in total. The van der Waals surface area contributed by atoms with E-state index < -0.39 is 0 Å². The second-order valence-electron chi connectivity index (χ2n) is 4.06. The average Bonchev–Trinajstić information content (AvgIpc) is 2.25. The second-order valence-corrected chi connectivity index (χ2v) is 4.06. The molecule has 15 heavy (non-hydrogen) atoms. The van der Waals surface area contributed by atoms with Gasteiger partial charge >= 0.3 is 0 Å². The maximum atomic E-state index is 8.72. The zero-order chi connectivity index (χ0) is 11.4. The zero-order valence-electron chi connectivity index (χ0n) is 10.1. The third-order valence-corrected chi connectivity index (χ3v) is 2.59. The van der Waals surface area contributed by atoms with Gasteiger partial charge in [-0.15, -0.1) is 0 Å². The van der Waals surface area contributed by atoms with Gasteiger partial charge in [0.25, 0.3) is 0 Å². The third-order valence-electron chi connectivity index (χ3n) is 2.59. The maximum Gasteiger partial charge on any atom is 0.0431 e. The molecule has 0 saturated heterocycles. The van der Waals surface area contributed by atoms with Crippen LogP contribution in [0.4, 0.5) is 0 Å². The lowest BCUT2D eigenvalue weighted by Crippen LogP contribution is -2.27. The fourth-order valence-corrected chi connectivity index (χ4v) is 1.61. The molecule has 0 radical (unpaired) electrons. The molecule has 0 atom stereocenters. The van der Waals surface area contributed by atoms with Crippen molar-refractivity contribution in [3.05, 3.63) is 0 Å². The second kappa shape index (κ2) is 12.0. The molecule has 0 spiro atoms. The molecular weight excluding hydrogens is 190 g/mol. The van der Waals surface area contributed by atoms with Crippen molar-refractivity contribution in [2.24, 2.45) is 0 Å².